The zero-order valence-electron chi connectivity index (χ0n) is 24.9. The van der Waals surface area contributed by atoms with Crippen LogP contribution in [0.4, 0.5) is 0 Å². The van der Waals surface area contributed by atoms with Crippen LogP contribution in [-0.4, -0.2) is 8.07 Å². The van der Waals surface area contributed by atoms with E-state index in [-0.39, 0.29) is 0 Å². The van der Waals surface area contributed by atoms with Crippen molar-refractivity contribution in [3.05, 3.63) is 137 Å². The molecule has 2 heteroatoms. The Morgan fingerprint density at radius 1 is 0.561 bits per heavy atom. The van der Waals surface area contributed by atoms with E-state index < -0.39 is 28.3 Å². The van der Waals surface area contributed by atoms with Crippen LogP contribution in [-0.2, 0) is 20.3 Å². The maximum absolute atomic E-state index is 2.97. The van der Waals surface area contributed by atoms with Crippen LogP contribution in [0.25, 0.3) is 31.9 Å². The Kier molecular flexibility index (Phi) is 5.74. The van der Waals surface area contributed by atoms with E-state index in [0.29, 0.717) is 7.25 Å². The molecule has 0 N–H and O–H groups in total. The minimum absolute atomic E-state index is 0.616. The van der Waals surface area contributed by atoms with Crippen molar-refractivity contribution in [2.45, 2.75) is 49.8 Å². The summed E-state index contributed by atoms with van der Waals surface area (Å²) in [7, 11) is -2.45. The second-order valence-corrected chi connectivity index (χ2v) is 28.8. The molecule has 0 radical (unpaired) electrons. The molecule has 5 aromatic rings. The first-order chi connectivity index (χ1) is 19.9. The Bertz CT molecular complexity index is 1840. The quantitative estimate of drug-likeness (QED) is 0.175. The van der Waals surface area contributed by atoms with Gasteiger partial charge in [0, 0.05) is 0 Å². The molecule has 1 heterocycles. The molecule has 202 valence electrons. The number of allylic oxidation sites excluding steroid dienone is 2. The summed E-state index contributed by atoms with van der Waals surface area (Å²) in [6.45, 7) is 7.65. The van der Waals surface area contributed by atoms with E-state index in [1.54, 1.807) is 49.0 Å². The molecule has 0 fully saturated rings. The van der Waals surface area contributed by atoms with Gasteiger partial charge >= 0.3 is 252 Å². The summed E-state index contributed by atoms with van der Waals surface area (Å²) in [5.41, 5.74) is 10.2. The van der Waals surface area contributed by atoms with Gasteiger partial charge in [-0.15, -0.1) is 0 Å². The van der Waals surface area contributed by atoms with Crippen LogP contribution in [0, 0.1) is 0 Å². The summed E-state index contributed by atoms with van der Waals surface area (Å²) in [4.78, 5) is 0. The van der Waals surface area contributed by atoms with Gasteiger partial charge in [-0.3, -0.25) is 0 Å². The topological polar surface area (TPSA) is 0 Å². The van der Waals surface area contributed by atoms with Crippen LogP contribution < -0.4 is 5.19 Å². The molecular weight excluding hydrogens is 588 g/mol. The molecule has 4 bridgehead atoms. The molecular formula is C39H38SiZr. The van der Waals surface area contributed by atoms with Crippen molar-refractivity contribution in [1.82, 2.24) is 0 Å². The van der Waals surface area contributed by atoms with E-state index >= 15 is 0 Å². The Morgan fingerprint density at radius 2 is 1.00 bits per heavy atom. The van der Waals surface area contributed by atoms with Crippen LogP contribution >= 0.6 is 0 Å². The Morgan fingerprint density at radius 3 is 1.46 bits per heavy atom. The third kappa shape index (κ3) is 3.24. The molecule has 3 aliphatic rings. The standard InChI is InChI=1S/C37H32Si.2CH3.Zr/c1-4-25-23-29-21-19-27-13-9-11-17-32(27)34(29)36(25)38(3,31-15-7-6-8-16-31)37-26(5-2)24-30-22-20-28-14-10-12-18-33(28)35(30)37;;;/h6-24H,4-5H2,1-3H3;2*1H3;. The second-order valence-electron chi connectivity index (χ2n) is 13.2. The normalized spacial score (nSPS) is 24.0. The number of rotatable bonds is 3. The average molecular weight is 626 g/mol. The summed E-state index contributed by atoms with van der Waals surface area (Å²) < 4.78 is 6.83. The SMILES string of the molecule is CCC1=C2c3c(ccc4ccccc34)[CH]1[Zr]([CH3])([CH3])[CH]1C(CC)=C(c3c1ccc1ccccc31)[Si]2(C)c1ccccc1. The molecule has 8 rings (SSSR count). The molecule has 0 nitrogen and oxygen atoms in total. The number of hydrogen-bond acceptors (Lipinski definition) is 0. The van der Waals surface area contributed by atoms with Gasteiger partial charge < -0.3 is 0 Å². The van der Waals surface area contributed by atoms with Crippen LogP contribution in [0.5, 0.6) is 0 Å². The Labute approximate surface area is 250 Å². The second kappa shape index (κ2) is 9.10. The summed E-state index contributed by atoms with van der Waals surface area (Å²) in [5.74, 6) is 0. The molecule has 0 amide bonds. The van der Waals surface area contributed by atoms with Crippen molar-refractivity contribution >= 4 is 45.2 Å². The van der Waals surface area contributed by atoms with E-state index in [1.165, 1.54) is 21.5 Å². The van der Waals surface area contributed by atoms with Crippen molar-refractivity contribution in [2.24, 2.45) is 0 Å². The van der Waals surface area contributed by atoms with Gasteiger partial charge in [0.05, 0.1) is 0 Å². The van der Waals surface area contributed by atoms with Gasteiger partial charge in [-0.05, 0) is 0 Å². The molecule has 0 aromatic heterocycles. The first-order valence-electron chi connectivity index (χ1n) is 15.5. The zero-order valence-corrected chi connectivity index (χ0v) is 28.3. The van der Waals surface area contributed by atoms with Gasteiger partial charge in [0.2, 0.25) is 0 Å². The van der Waals surface area contributed by atoms with Crippen LogP contribution in [0.3, 0.4) is 0 Å². The van der Waals surface area contributed by atoms with E-state index in [0.717, 1.165) is 12.8 Å². The van der Waals surface area contributed by atoms with Gasteiger partial charge in [0.1, 0.15) is 0 Å². The zero-order chi connectivity index (χ0) is 28.1. The minimum atomic E-state index is -2.97. The molecule has 1 aliphatic heterocycles. The van der Waals surface area contributed by atoms with Crippen molar-refractivity contribution < 1.29 is 20.3 Å². The van der Waals surface area contributed by atoms with Crippen molar-refractivity contribution in [3.8, 4) is 0 Å². The molecule has 2 aliphatic carbocycles. The molecule has 2 atom stereocenters. The number of benzene rings is 5. The fourth-order valence-corrected chi connectivity index (χ4v) is 27.5. The van der Waals surface area contributed by atoms with Gasteiger partial charge in [0.15, 0.2) is 0 Å². The first-order valence-corrected chi connectivity index (χ1v) is 25.7. The Hall–Kier alpha value is -2.80. The fraction of sp³-hybridized carbons (Fsp3) is 0.231. The van der Waals surface area contributed by atoms with E-state index in [9.17, 15) is 0 Å². The summed E-state index contributed by atoms with van der Waals surface area (Å²) in [5, 5.41) is 10.8. The van der Waals surface area contributed by atoms with E-state index in [1.807, 2.05) is 0 Å². The third-order valence-electron chi connectivity index (χ3n) is 11.0. The average Bonchev–Trinajstić information content (AvgIpc) is 3.56. The molecule has 2 unspecified atom stereocenters. The van der Waals surface area contributed by atoms with E-state index in [2.05, 4.69) is 133 Å². The molecule has 0 saturated heterocycles. The molecule has 5 aromatic carbocycles. The van der Waals surface area contributed by atoms with E-state index in [4.69, 9.17) is 0 Å². The molecule has 0 spiro atoms. The summed E-state index contributed by atoms with van der Waals surface area (Å²) >= 11 is -2.97. The Balaban J connectivity index is 1.62. The van der Waals surface area contributed by atoms with Crippen molar-refractivity contribution in [3.63, 3.8) is 0 Å². The third-order valence-corrected chi connectivity index (χ3v) is 26.2. The fourth-order valence-electron chi connectivity index (χ4n) is 9.56. The summed E-state index contributed by atoms with van der Waals surface area (Å²) in [6.07, 6.45) is 2.30. The van der Waals surface area contributed by atoms with Gasteiger partial charge in [-0.1, -0.05) is 0 Å². The van der Waals surface area contributed by atoms with Crippen molar-refractivity contribution in [2.75, 3.05) is 0 Å². The monoisotopic (exact) mass is 624 g/mol. The first kappa shape index (κ1) is 25.9. The summed E-state index contributed by atoms with van der Waals surface area (Å²) in [6, 6.07) is 40.1. The van der Waals surface area contributed by atoms with Crippen LogP contribution in [0.1, 0.15) is 56.2 Å². The predicted octanol–water partition coefficient (Wildman–Crippen LogP) is 10.5. The maximum atomic E-state index is 2.80. The molecule has 0 saturated carbocycles. The van der Waals surface area contributed by atoms with Gasteiger partial charge in [-0.2, -0.15) is 0 Å². The number of fused-ring (bicyclic) bond motifs is 12. The number of hydrogen-bond donors (Lipinski definition) is 0. The van der Waals surface area contributed by atoms with Crippen molar-refractivity contribution in [1.29, 1.82) is 0 Å². The van der Waals surface area contributed by atoms with Crippen LogP contribution in [0.2, 0.25) is 15.8 Å². The predicted molar refractivity (Wildman–Crippen MR) is 177 cm³/mol. The van der Waals surface area contributed by atoms with Gasteiger partial charge in [0.25, 0.3) is 0 Å². The van der Waals surface area contributed by atoms with Crippen LogP contribution in [0.15, 0.2) is 114 Å². The van der Waals surface area contributed by atoms with Gasteiger partial charge in [-0.25, -0.2) is 0 Å². The molecule has 41 heavy (non-hydrogen) atoms.